The van der Waals surface area contributed by atoms with Crippen LogP contribution in [0.5, 0.6) is 0 Å². The minimum absolute atomic E-state index is 0.336. The number of carbonyl (C=O) groups is 3. The summed E-state index contributed by atoms with van der Waals surface area (Å²) in [5.74, 6) is 0.345. The second kappa shape index (κ2) is 6.81. The molecule has 1 atom stereocenters. The number of urea groups is 1. The van der Waals surface area contributed by atoms with Gasteiger partial charge in [-0.05, 0) is 43.5 Å². The predicted molar refractivity (Wildman–Crippen MR) is 112 cm³/mol. The molecule has 2 aliphatic heterocycles. The number of fused-ring (bicyclic) bond motifs is 1. The van der Waals surface area contributed by atoms with Crippen LogP contribution in [0.1, 0.15) is 43.2 Å². The van der Waals surface area contributed by atoms with Crippen LogP contribution in [0.3, 0.4) is 0 Å². The van der Waals surface area contributed by atoms with E-state index in [0.717, 1.165) is 22.3 Å². The Hall–Kier alpha value is -3.88. The molecule has 1 aromatic carbocycles. The van der Waals surface area contributed by atoms with Gasteiger partial charge in [0.25, 0.3) is 11.8 Å². The van der Waals surface area contributed by atoms with E-state index in [0.29, 0.717) is 36.5 Å². The number of nitrogens with one attached hydrogen (secondary N) is 1. The highest BCUT2D eigenvalue weighted by Gasteiger charge is 2.55. The van der Waals surface area contributed by atoms with E-state index in [1.54, 1.807) is 12.1 Å². The molecule has 162 valence electrons. The summed E-state index contributed by atoms with van der Waals surface area (Å²) in [5.41, 5.74) is 0.504. The Bertz CT molecular complexity index is 1240. The predicted octanol–water partition coefficient (Wildman–Crippen LogP) is 3.18. The number of furan rings is 2. The molecular weight excluding hydrogens is 412 g/mol. The average Bonchev–Trinajstić information content (AvgIpc) is 3.53. The van der Waals surface area contributed by atoms with Crippen LogP contribution in [0.2, 0.25) is 0 Å². The Morgan fingerprint density at radius 3 is 2.72 bits per heavy atom. The van der Waals surface area contributed by atoms with Crippen LogP contribution in [0, 0.1) is 0 Å². The lowest BCUT2D eigenvalue weighted by atomic mass is 9.77. The number of hydrogen-bond donors (Lipinski definition) is 1. The van der Waals surface area contributed by atoms with Crippen molar-refractivity contribution in [2.24, 2.45) is 5.10 Å². The largest absolute Gasteiger partial charge is 0.467 e. The van der Waals surface area contributed by atoms with Crippen molar-refractivity contribution in [3.63, 3.8) is 0 Å². The number of amides is 4. The molecule has 2 fully saturated rings. The average molecular weight is 432 g/mol. The lowest BCUT2D eigenvalue weighted by molar-refractivity contribution is -0.141. The lowest BCUT2D eigenvalue weighted by Crippen LogP contribution is -2.53. The number of benzene rings is 1. The van der Waals surface area contributed by atoms with Gasteiger partial charge in [0.05, 0.1) is 6.26 Å². The van der Waals surface area contributed by atoms with Gasteiger partial charge in [-0.2, -0.15) is 5.10 Å². The monoisotopic (exact) mass is 432 g/mol. The maximum Gasteiger partial charge on any atom is 0.325 e. The van der Waals surface area contributed by atoms with Crippen LogP contribution >= 0.6 is 0 Å². The summed E-state index contributed by atoms with van der Waals surface area (Å²) in [6.07, 6.45) is 4.02. The van der Waals surface area contributed by atoms with Crippen LogP contribution < -0.4 is 5.32 Å². The molecule has 1 saturated carbocycles. The first-order chi connectivity index (χ1) is 15.5. The molecule has 3 aliphatic rings. The van der Waals surface area contributed by atoms with Crippen LogP contribution in [-0.2, 0) is 9.59 Å². The number of hydrogen-bond acceptors (Lipinski definition) is 6. The van der Waals surface area contributed by atoms with Crippen molar-refractivity contribution < 1.29 is 23.2 Å². The molecule has 9 nitrogen and oxygen atoms in total. The van der Waals surface area contributed by atoms with Gasteiger partial charge >= 0.3 is 6.03 Å². The molecule has 6 rings (SSSR count). The second-order valence-electron chi connectivity index (χ2n) is 8.43. The zero-order chi connectivity index (χ0) is 21.9. The molecule has 0 radical (unpaired) electrons. The first kappa shape index (κ1) is 18.9. The second-order valence-corrected chi connectivity index (χ2v) is 8.43. The summed E-state index contributed by atoms with van der Waals surface area (Å²) in [5, 5.41) is 9.52. The third-order valence-electron chi connectivity index (χ3n) is 6.49. The van der Waals surface area contributed by atoms with Gasteiger partial charge in [0, 0.05) is 11.8 Å². The summed E-state index contributed by atoms with van der Waals surface area (Å²) in [6.45, 7) is -0.374. The number of nitrogens with zero attached hydrogens (tertiary/aromatic N) is 3. The number of imide groups is 1. The van der Waals surface area contributed by atoms with Crippen molar-refractivity contribution in [2.75, 3.05) is 6.54 Å². The molecular formula is C23H20N4O5. The highest BCUT2D eigenvalue weighted by atomic mass is 16.3. The van der Waals surface area contributed by atoms with Gasteiger partial charge in [0.15, 0.2) is 5.76 Å². The molecule has 3 aromatic rings. The maximum atomic E-state index is 13.2. The van der Waals surface area contributed by atoms with E-state index >= 15 is 0 Å². The molecule has 0 bridgehead atoms. The fraction of sp³-hybridized carbons (Fsp3) is 0.304. The van der Waals surface area contributed by atoms with Crippen LogP contribution in [-0.4, -0.2) is 45.5 Å². The molecule has 4 heterocycles. The first-order valence-corrected chi connectivity index (χ1v) is 10.6. The zero-order valence-corrected chi connectivity index (χ0v) is 17.1. The van der Waals surface area contributed by atoms with Gasteiger partial charge in [-0.3, -0.25) is 14.5 Å². The normalized spacial score (nSPS) is 21.9. The van der Waals surface area contributed by atoms with Crippen LogP contribution in [0.15, 0.2) is 62.7 Å². The van der Waals surface area contributed by atoms with E-state index in [1.807, 2.05) is 30.3 Å². The Morgan fingerprint density at radius 2 is 2.03 bits per heavy atom. The Kier molecular flexibility index (Phi) is 4.01. The fourth-order valence-electron chi connectivity index (χ4n) is 4.61. The van der Waals surface area contributed by atoms with Gasteiger partial charge in [0.2, 0.25) is 0 Å². The van der Waals surface area contributed by atoms with E-state index in [-0.39, 0.29) is 12.5 Å². The van der Waals surface area contributed by atoms with E-state index in [9.17, 15) is 14.4 Å². The molecule has 1 spiro atoms. The van der Waals surface area contributed by atoms with Gasteiger partial charge in [-0.1, -0.05) is 18.2 Å². The third kappa shape index (κ3) is 2.77. The van der Waals surface area contributed by atoms with Crippen molar-refractivity contribution in [1.29, 1.82) is 0 Å². The van der Waals surface area contributed by atoms with Crippen molar-refractivity contribution in [2.45, 2.75) is 37.3 Å². The van der Waals surface area contributed by atoms with Crippen molar-refractivity contribution in [3.05, 3.63) is 60.2 Å². The Morgan fingerprint density at radius 1 is 1.19 bits per heavy atom. The zero-order valence-electron chi connectivity index (χ0n) is 17.1. The van der Waals surface area contributed by atoms with Gasteiger partial charge < -0.3 is 14.2 Å². The minimum Gasteiger partial charge on any atom is -0.467 e. The van der Waals surface area contributed by atoms with Gasteiger partial charge in [-0.25, -0.2) is 9.80 Å². The summed E-state index contributed by atoms with van der Waals surface area (Å²) in [7, 11) is 0. The van der Waals surface area contributed by atoms with E-state index < -0.39 is 23.5 Å². The lowest BCUT2D eigenvalue weighted by Gasteiger charge is -2.34. The number of rotatable bonds is 4. The molecule has 2 aromatic heterocycles. The van der Waals surface area contributed by atoms with Crippen molar-refractivity contribution in [3.8, 4) is 0 Å². The standard InChI is InChI=1S/C23H20N4O5/c28-20(13-26-21(29)23(8-4-9-23)24-22(26)30)27-16(18-7-3-10-31-18)12-15(25-27)19-11-14-5-1-2-6-17(14)32-19/h1-3,5-7,10-11,16H,4,8-9,12-13H2,(H,24,30). The Labute approximate surface area is 182 Å². The summed E-state index contributed by atoms with van der Waals surface area (Å²) in [4.78, 5) is 39.4. The van der Waals surface area contributed by atoms with E-state index in [2.05, 4.69) is 10.4 Å². The van der Waals surface area contributed by atoms with Crippen molar-refractivity contribution >= 4 is 34.5 Å². The molecule has 1 saturated heterocycles. The van der Waals surface area contributed by atoms with Crippen molar-refractivity contribution in [1.82, 2.24) is 15.2 Å². The van der Waals surface area contributed by atoms with E-state index in [1.165, 1.54) is 11.3 Å². The van der Waals surface area contributed by atoms with Crippen LogP contribution in [0.4, 0.5) is 4.79 Å². The molecule has 4 amide bonds. The third-order valence-corrected chi connectivity index (χ3v) is 6.49. The molecule has 9 heteroatoms. The minimum atomic E-state index is -0.828. The molecule has 1 N–H and O–H groups in total. The highest BCUT2D eigenvalue weighted by Crippen LogP contribution is 2.38. The smallest absolute Gasteiger partial charge is 0.325 e. The first-order valence-electron chi connectivity index (χ1n) is 10.6. The fourth-order valence-corrected chi connectivity index (χ4v) is 4.61. The number of hydrazone groups is 1. The van der Waals surface area contributed by atoms with Crippen LogP contribution in [0.25, 0.3) is 11.0 Å². The number of para-hydroxylation sites is 1. The number of carbonyl (C=O) groups excluding carboxylic acids is 3. The molecule has 32 heavy (non-hydrogen) atoms. The topological polar surface area (TPSA) is 108 Å². The van der Waals surface area contributed by atoms with Gasteiger partial charge in [-0.15, -0.1) is 0 Å². The molecule has 1 aliphatic carbocycles. The quantitative estimate of drug-likeness (QED) is 0.637. The summed E-state index contributed by atoms with van der Waals surface area (Å²) in [6, 6.07) is 12.0. The SMILES string of the molecule is O=C1NC2(CCC2)C(=O)N1CC(=O)N1N=C(c2cc3ccccc3o2)CC1c1ccco1. The Balaban J connectivity index is 1.30. The summed E-state index contributed by atoms with van der Waals surface area (Å²) < 4.78 is 11.5. The highest BCUT2D eigenvalue weighted by molar-refractivity contribution is 6.10. The summed E-state index contributed by atoms with van der Waals surface area (Å²) >= 11 is 0. The maximum absolute atomic E-state index is 13.2. The molecule has 1 unspecified atom stereocenters. The van der Waals surface area contributed by atoms with E-state index in [4.69, 9.17) is 8.83 Å². The van der Waals surface area contributed by atoms with Gasteiger partial charge in [0.1, 0.15) is 35.2 Å².